The normalized spacial score (nSPS) is 13.4. The van der Waals surface area contributed by atoms with Gasteiger partial charge in [-0.3, -0.25) is 4.79 Å². The van der Waals surface area contributed by atoms with Gasteiger partial charge in [-0.2, -0.15) is 0 Å². The van der Waals surface area contributed by atoms with E-state index >= 15 is 0 Å². The van der Waals surface area contributed by atoms with Crippen LogP contribution in [0.5, 0.6) is 0 Å². The summed E-state index contributed by atoms with van der Waals surface area (Å²) in [7, 11) is 0. The summed E-state index contributed by atoms with van der Waals surface area (Å²) in [5, 5.41) is 0.377. The van der Waals surface area contributed by atoms with E-state index in [1.807, 2.05) is 0 Å². The third kappa shape index (κ3) is 2.23. The summed E-state index contributed by atoms with van der Waals surface area (Å²) in [6.07, 6.45) is 0.729. The van der Waals surface area contributed by atoms with Crippen LogP contribution in [-0.2, 0) is 6.42 Å². The summed E-state index contributed by atoms with van der Waals surface area (Å²) < 4.78 is 14.0. The van der Waals surface area contributed by atoms with Crippen molar-refractivity contribution < 1.29 is 9.18 Å². The molecule has 1 aliphatic rings. The minimum Gasteiger partial charge on any atom is -0.308 e. The Morgan fingerprint density at radius 2 is 2.10 bits per heavy atom. The first-order valence-electron chi connectivity index (χ1n) is 6.12. The van der Waals surface area contributed by atoms with Crippen molar-refractivity contribution in [3.8, 4) is 0 Å². The van der Waals surface area contributed by atoms with E-state index in [2.05, 4.69) is 15.9 Å². The van der Waals surface area contributed by atoms with Gasteiger partial charge in [0.05, 0.1) is 16.3 Å². The Balaban J connectivity index is 2.02. The lowest BCUT2D eigenvalue weighted by atomic mass is 10.1. The molecule has 0 aromatic heterocycles. The second-order valence-electron chi connectivity index (χ2n) is 4.58. The summed E-state index contributed by atoms with van der Waals surface area (Å²) in [4.78, 5) is 14.2. The van der Waals surface area contributed by atoms with Crippen LogP contribution in [0.25, 0.3) is 0 Å². The summed E-state index contributed by atoms with van der Waals surface area (Å²) in [5.41, 5.74) is 2.02. The van der Waals surface area contributed by atoms with E-state index in [1.54, 1.807) is 29.2 Å². The highest BCUT2D eigenvalue weighted by atomic mass is 79.9. The fraction of sp³-hybridized carbons (Fsp3) is 0.133. The van der Waals surface area contributed by atoms with Gasteiger partial charge in [0.1, 0.15) is 5.82 Å². The highest BCUT2D eigenvalue weighted by molar-refractivity contribution is 9.10. The number of benzene rings is 2. The van der Waals surface area contributed by atoms with Gasteiger partial charge in [0.2, 0.25) is 0 Å². The first kappa shape index (κ1) is 13.6. The molecule has 1 heterocycles. The Bertz CT molecular complexity index is 704. The zero-order valence-corrected chi connectivity index (χ0v) is 12.7. The number of rotatable bonds is 1. The zero-order valence-electron chi connectivity index (χ0n) is 10.4. The number of hydrogen-bond acceptors (Lipinski definition) is 1. The van der Waals surface area contributed by atoms with Gasteiger partial charge in [-0.25, -0.2) is 4.39 Å². The van der Waals surface area contributed by atoms with Crippen molar-refractivity contribution in [1.29, 1.82) is 0 Å². The average Bonchev–Trinajstić information content (AvgIpc) is 2.84. The molecule has 0 aliphatic carbocycles. The maximum Gasteiger partial charge on any atom is 0.259 e. The largest absolute Gasteiger partial charge is 0.308 e. The predicted molar refractivity (Wildman–Crippen MR) is 80.9 cm³/mol. The van der Waals surface area contributed by atoms with E-state index in [1.165, 1.54) is 12.1 Å². The average molecular weight is 355 g/mol. The summed E-state index contributed by atoms with van der Waals surface area (Å²) in [6, 6.07) is 9.74. The van der Waals surface area contributed by atoms with Crippen LogP contribution in [0.4, 0.5) is 10.1 Å². The predicted octanol–water partition coefficient (Wildman–Crippen LogP) is 4.44. The molecule has 3 rings (SSSR count). The highest BCUT2D eigenvalue weighted by Gasteiger charge is 2.27. The van der Waals surface area contributed by atoms with Gasteiger partial charge >= 0.3 is 0 Å². The van der Waals surface area contributed by atoms with E-state index in [9.17, 15) is 9.18 Å². The van der Waals surface area contributed by atoms with Gasteiger partial charge in [-0.15, -0.1) is 0 Å². The third-order valence-corrected chi connectivity index (χ3v) is 4.67. The maximum atomic E-state index is 13.4. The second-order valence-corrected chi connectivity index (χ2v) is 5.81. The Morgan fingerprint density at radius 3 is 2.90 bits per heavy atom. The van der Waals surface area contributed by atoms with Crippen LogP contribution in [0.2, 0.25) is 5.02 Å². The number of fused-ring (bicyclic) bond motifs is 1. The Morgan fingerprint density at radius 1 is 1.30 bits per heavy atom. The molecule has 0 fully saturated rings. The summed E-state index contributed by atoms with van der Waals surface area (Å²) >= 11 is 9.46. The van der Waals surface area contributed by atoms with Crippen molar-refractivity contribution in [3.05, 3.63) is 62.8 Å². The molecule has 0 saturated carbocycles. The van der Waals surface area contributed by atoms with Crippen LogP contribution < -0.4 is 4.90 Å². The molecule has 102 valence electrons. The monoisotopic (exact) mass is 353 g/mol. The fourth-order valence-corrected chi connectivity index (χ4v) is 2.95. The lowest BCUT2D eigenvalue weighted by Crippen LogP contribution is -2.29. The molecule has 0 saturated heterocycles. The second kappa shape index (κ2) is 5.19. The van der Waals surface area contributed by atoms with Gasteiger partial charge in [-0.1, -0.05) is 23.7 Å². The molecule has 0 spiro atoms. The molecule has 1 amide bonds. The number of carbonyl (C=O) groups excluding carboxylic acids is 1. The van der Waals surface area contributed by atoms with Gasteiger partial charge in [0.15, 0.2) is 0 Å². The number of hydrogen-bond donors (Lipinski definition) is 0. The molecule has 2 nitrogen and oxygen atoms in total. The number of halogens is 3. The number of carbonyl (C=O) groups is 1. The first-order valence-corrected chi connectivity index (χ1v) is 7.29. The minimum absolute atomic E-state index is 0.208. The standard InChI is InChI=1S/C15H10BrClFNO/c16-12-3-1-2-11(14(12)17)15(20)19-7-6-9-4-5-10(18)8-13(9)19/h1-5,8H,6-7H2. The highest BCUT2D eigenvalue weighted by Crippen LogP contribution is 2.33. The van der Waals surface area contributed by atoms with Gasteiger partial charge in [0, 0.05) is 11.0 Å². The van der Waals surface area contributed by atoms with Crippen LogP contribution >= 0.6 is 27.5 Å². The number of amides is 1. The summed E-state index contributed by atoms with van der Waals surface area (Å²) in [6.45, 7) is 0.542. The van der Waals surface area contributed by atoms with Crippen LogP contribution in [0, 0.1) is 5.82 Å². The molecule has 0 radical (unpaired) electrons. The Hall–Kier alpha value is -1.39. The molecule has 2 aromatic carbocycles. The minimum atomic E-state index is -0.344. The Kier molecular flexibility index (Phi) is 3.52. The van der Waals surface area contributed by atoms with E-state index in [0.717, 1.165) is 12.0 Å². The van der Waals surface area contributed by atoms with Crippen molar-refractivity contribution in [2.24, 2.45) is 0 Å². The molecule has 5 heteroatoms. The van der Waals surface area contributed by atoms with Crippen LogP contribution in [0.15, 0.2) is 40.9 Å². The molecular formula is C15H10BrClFNO. The quantitative estimate of drug-likeness (QED) is 0.741. The Labute approximate surface area is 129 Å². The van der Waals surface area contributed by atoms with Crippen molar-refractivity contribution in [1.82, 2.24) is 0 Å². The number of anilines is 1. The van der Waals surface area contributed by atoms with Crippen molar-refractivity contribution in [2.45, 2.75) is 6.42 Å². The lowest BCUT2D eigenvalue weighted by molar-refractivity contribution is 0.0989. The first-order chi connectivity index (χ1) is 9.58. The SMILES string of the molecule is O=C(c1cccc(Br)c1Cl)N1CCc2ccc(F)cc21. The third-order valence-electron chi connectivity index (χ3n) is 3.37. The van der Waals surface area contributed by atoms with Crippen LogP contribution in [-0.4, -0.2) is 12.5 Å². The molecule has 0 N–H and O–H groups in total. The van der Waals surface area contributed by atoms with E-state index in [4.69, 9.17) is 11.6 Å². The van der Waals surface area contributed by atoms with Crippen LogP contribution in [0.3, 0.4) is 0 Å². The molecular weight excluding hydrogens is 345 g/mol. The fourth-order valence-electron chi connectivity index (χ4n) is 2.38. The topological polar surface area (TPSA) is 20.3 Å². The van der Waals surface area contributed by atoms with Crippen molar-refractivity contribution >= 4 is 39.1 Å². The molecule has 0 atom stereocenters. The van der Waals surface area contributed by atoms with Crippen molar-refractivity contribution in [3.63, 3.8) is 0 Å². The van der Waals surface area contributed by atoms with E-state index in [-0.39, 0.29) is 11.7 Å². The zero-order chi connectivity index (χ0) is 14.3. The molecule has 20 heavy (non-hydrogen) atoms. The van der Waals surface area contributed by atoms with Gasteiger partial charge in [-0.05, 0) is 52.2 Å². The molecule has 0 bridgehead atoms. The number of nitrogens with zero attached hydrogens (tertiary/aromatic N) is 1. The van der Waals surface area contributed by atoms with Crippen molar-refractivity contribution in [2.75, 3.05) is 11.4 Å². The molecule has 1 aliphatic heterocycles. The van der Waals surface area contributed by atoms with Gasteiger partial charge in [0.25, 0.3) is 5.91 Å². The van der Waals surface area contributed by atoms with E-state index in [0.29, 0.717) is 27.3 Å². The van der Waals surface area contributed by atoms with Gasteiger partial charge < -0.3 is 4.90 Å². The smallest absolute Gasteiger partial charge is 0.259 e. The molecule has 0 unspecified atom stereocenters. The molecule has 2 aromatic rings. The summed E-state index contributed by atoms with van der Waals surface area (Å²) in [5.74, 6) is -0.551. The lowest BCUT2D eigenvalue weighted by Gasteiger charge is -2.18. The van der Waals surface area contributed by atoms with E-state index < -0.39 is 0 Å². The maximum absolute atomic E-state index is 13.4. The van der Waals surface area contributed by atoms with Crippen LogP contribution in [0.1, 0.15) is 15.9 Å².